The number of amides is 1. The van der Waals surface area contributed by atoms with Gasteiger partial charge in [-0.05, 0) is 50.9 Å². The van der Waals surface area contributed by atoms with Crippen molar-refractivity contribution in [2.75, 3.05) is 32.1 Å². The lowest BCUT2D eigenvalue weighted by molar-refractivity contribution is 0.0595. The molecule has 7 nitrogen and oxygen atoms in total. The highest BCUT2D eigenvalue weighted by Gasteiger charge is 2.22. The summed E-state index contributed by atoms with van der Waals surface area (Å²) in [6.07, 6.45) is 4.11. The van der Waals surface area contributed by atoms with Crippen LogP contribution in [0.15, 0.2) is 18.3 Å². The number of esters is 1. The van der Waals surface area contributed by atoms with Crippen molar-refractivity contribution in [3.8, 4) is 0 Å². The fraction of sp³-hybridized carbons (Fsp3) is 0.526. The Morgan fingerprint density at radius 1 is 1.35 bits per heavy atom. The fourth-order valence-electron chi connectivity index (χ4n) is 2.69. The van der Waals surface area contributed by atoms with Gasteiger partial charge in [-0.3, -0.25) is 10.2 Å². The number of carbonyl (C=O) groups is 2. The molecule has 0 saturated heterocycles. The number of anilines is 1. The Balaban J connectivity index is 2.32. The Morgan fingerprint density at radius 2 is 2.08 bits per heavy atom. The van der Waals surface area contributed by atoms with E-state index in [-0.39, 0.29) is 11.4 Å². The predicted octanol–water partition coefficient (Wildman–Crippen LogP) is 3.32. The standard InChI is InChI=1S/C19H27N3O4/c1-6-22-9-7-8-13(12-22)14-10-15(16(20-11-14)17(23)25-5)21-18(24)26-19(2,3)4/h8,10-11H,6-7,9,12H2,1-5H3,(H,21,24). The van der Waals surface area contributed by atoms with Gasteiger partial charge in [0, 0.05) is 19.3 Å². The molecule has 0 aliphatic carbocycles. The van der Waals surface area contributed by atoms with Gasteiger partial charge in [0.1, 0.15) is 5.60 Å². The van der Waals surface area contributed by atoms with Crippen LogP contribution in [-0.4, -0.2) is 54.3 Å². The van der Waals surface area contributed by atoms with E-state index < -0.39 is 17.7 Å². The lowest BCUT2D eigenvalue weighted by Gasteiger charge is -2.26. The van der Waals surface area contributed by atoms with Gasteiger partial charge in [0.25, 0.3) is 0 Å². The van der Waals surface area contributed by atoms with Crippen molar-refractivity contribution >= 4 is 23.3 Å². The van der Waals surface area contributed by atoms with Crippen LogP contribution in [-0.2, 0) is 9.47 Å². The molecular formula is C19H27N3O4. The lowest BCUT2D eigenvalue weighted by Crippen LogP contribution is -2.29. The van der Waals surface area contributed by atoms with Gasteiger partial charge in [0.2, 0.25) is 0 Å². The van der Waals surface area contributed by atoms with Gasteiger partial charge in [-0.15, -0.1) is 0 Å². The first kappa shape index (κ1) is 19.9. The number of hydrogen-bond acceptors (Lipinski definition) is 6. The molecule has 1 aliphatic rings. The molecule has 1 aliphatic heterocycles. The van der Waals surface area contributed by atoms with Crippen LogP contribution >= 0.6 is 0 Å². The summed E-state index contributed by atoms with van der Waals surface area (Å²) in [5.41, 5.74) is 1.66. The molecule has 1 aromatic heterocycles. The summed E-state index contributed by atoms with van der Waals surface area (Å²) in [6, 6.07) is 1.74. The summed E-state index contributed by atoms with van der Waals surface area (Å²) in [5, 5.41) is 2.62. The maximum absolute atomic E-state index is 12.1. The summed E-state index contributed by atoms with van der Waals surface area (Å²) in [4.78, 5) is 30.7. The molecule has 1 N–H and O–H groups in total. The number of hydrogen-bond donors (Lipinski definition) is 1. The molecular weight excluding hydrogens is 334 g/mol. The van der Waals surface area contributed by atoms with Crippen molar-refractivity contribution < 1.29 is 19.1 Å². The van der Waals surface area contributed by atoms with Crippen molar-refractivity contribution in [1.82, 2.24) is 9.88 Å². The Bertz CT molecular complexity index is 707. The number of likely N-dealkylation sites (N-methyl/N-ethyl adjacent to an activating group) is 1. The van der Waals surface area contributed by atoms with Gasteiger partial charge >= 0.3 is 12.1 Å². The molecule has 1 amide bonds. The molecule has 2 heterocycles. The van der Waals surface area contributed by atoms with E-state index in [0.29, 0.717) is 0 Å². The number of ether oxygens (including phenoxy) is 2. The van der Waals surface area contributed by atoms with Crippen LogP contribution in [0.3, 0.4) is 0 Å². The monoisotopic (exact) mass is 361 g/mol. The third-order valence-corrected chi connectivity index (χ3v) is 3.95. The molecule has 7 heteroatoms. The molecule has 2 rings (SSSR count). The van der Waals surface area contributed by atoms with Gasteiger partial charge in [0.15, 0.2) is 5.69 Å². The smallest absolute Gasteiger partial charge is 0.412 e. The molecule has 0 saturated carbocycles. The molecule has 0 spiro atoms. The minimum atomic E-state index is -0.645. The van der Waals surface area contributed by atoms with E-state index in [1.165, 1.54) is 7.11 Å². The fourth-order valence-corrected chi connectivity index (χ4v) is 2.69. The van der Waals surface area contributed by atoms with Crippen molar-refractivity contribution in [1.29, 1.82) is 0 Å². The van der Waals surface area contributed by atoms with Crippen LogP contribution in [0.2, 0.25) is 0 Å². The minimum Gasteiger partial charge on any atom is -0.464 e. The summed E-state index contributed by atoms with van der Waals surface area (Å²) < 4.78 is 10.0. The third-order valence-electron chi connectivity index (χ3n) is 3.95. The van der Waals surface area contributed by atoms with Crippen LogP contribution < -0.4 is 5.32 Å². The summed E-state index contributed by atoms with van der Waals surface area (Å²) >= 11 is 0. The Hall–Kier alpha value is -2.41. The van der Waals surface area contributed by atoms with Gasteiger partial charge in [-0.2, -0.15) is 0 Å². The van der Waals surface area contributed by atoms with Crippen LogP contribution in [0.25, 0.3) is 5.57 Å². The van der Waals surface area contributed by atoms with Crippen LogP contribution in [0.5, 0.6) is 0 Å². The number of rotatable bonds is 4. The minimum absolute atomic E-state index is 0.0471. The number of nitrogens with one attached hydrogen (secondary N) is 1. The first-order valence-corrected chi connectivity index (χ1v) is 8.73. The first-order valence-electron chi connectivity index (χ1n) is 8.73. The van der Waals surface area contributed by atoms with Gasteiger partial charge < -0.3 is 9.47 Å². The number of aromatic nitrogens is 1. The van der Waals surface area contributed by atoms with Crippen LogP contribution in [0.4, 0.5) is 10.5 Å². The second-order valence-electron chi connectivity index (χ2n) is 7.13. The highest BCUT2D eigenvalue weighted by atomic mass is 16.6. The summed E-state index contributed by atoms with van der Waals surface area (Å²) in [6.45, 7) is 10.2. The van der Waals surface area contributed by atoms with E-state index in [9.17, 15) is 9.59 Å². The van der Waals surface area contributed by atoms with Gasteiger partial charge in [-0.1, -0.05) is 13.0 Å². The largest absolute Gasteiger partial charge is 0.464 e. The molecule has 0 bridgehead atoms. The second kappa shape index (κ2) is 8.31. The normalized spacial score (nSPS) is 15.2. The number of nitrogens with zero attached hydrogens (tertiary/aromatic N) is 2. The molecule has 26 heavy (non-hydrogen) atoms. The van der Waals surface area contributed by atoms with Gasteiger partial charge in [0.05, 0.1) is 12.8 Å². The van der Waals surface area contributed by atoms with E-state index in [2.05, 4.69) is 28.2 Å². The zero-order valence-corrected chi connectivity index (χ0v) is 16.1. The zero-order valence-electron chi connectivity index (χ0n) is 16.1. The second-order valence-corrected chi connectivity index (χ2v) is 7.13. The van der Waals surface area contributed by atoms with Gasteiger partial charge in [-0.25, -0.2) is 14.6 Å². The summed E-state index contributed by atoms with van der Waals surface area (Å²) in [5.74, 6) is -0.615. The zero-order chi connectivity index (χ0) is 19.3. The van der Waals surface area contributed by atoms with Crippen molar-refractivity contribution in [3.63, 3.8) is 0 Å². The quantitative estimate of drug-likeness (QED) is 0.829. The van der Waals surface area contributed by atoms with Crippen molar-refractivity contribution in [2.45, 2.75) is 39.7 Å². The first-order chi connectivity index (χ1) is 12.2. The van der Waals surface area contributed by atoms with Crippen LogP contribution in [0.1, 0.15) is 50.2 Å². The topological polar surface area (TPSA) is 80.8 Å². The molecule has 1 aromatic rings. The Kier molecular flexibility index (Phi) is 6.37. The molecule has 0 atom stereocenters. The van der Waals surface area contributed by atoms with E-state index in [4.69, 9.17) is 9.47 Å². The Labute approximate surface area is 154 Å². The van der Waals surface area contributed by atoms with Crippen LogP contribution in [0, 0.1) is 0 Å². The van der Waals surface area contributed by atoms with Crippen molar-refractivity contribution in [2.24, 2.45) is 0 Å². The lowest BCUT2D eigenvalue weighted by atomic mass is 10.0. The van der Waals surface area contributed by atoms with E-state index in [1.54, 1.807) is 33.0 Å². The van der Waals surface area contributed by atoms with E-state index in [1.807, 2.05) is 0 Å². The maximum Gasteiger partial charge on any atom is 0.412 e. The van der Waals surface area contributed by atoms with E-state index in [0.717, 1.165) is 37.2 Å². The maximum atomic E-state index is 12.1. The highest BCUT2D eigenvalue weighted by Crippen LogP contribution is 2.25. The molecule has 0 radical (unpaired) electrons. The molecule has 0 aromatic carbocycles. The molecule has 0 fully saturated rings. The SMILES string of the molecule is CCN1CCC=C(c2cnc(C(=O)OC)c(NC(=O)OC(C)(C)C)c2)C1. The number of methoxy groups -OCH3 is 1. The highest BCUT2D eigenvalue weighted by molar-refractivity contribution is 5.98. The molecule has 142 valence electrons. The van der Waals surface area contributed by atoms with E-state index >= 15 is 0 Å². The average molecular weight is 361 g/mol. The average Bonchev–Trinajstić information content (AvgIpc) is 2.59. The summed E-state index contributed by atoms with van der Waals surface area (Å²) in [7, 11) is 1.28. The number of carbonyl (C=O) groups excluding carboxylic acids is 2. The van der Waals surface area contributed by atoms with Crippen molar-refractivity contribution in [3.05, 3.63) is 29.6 Å². The predicted molar refractivity (Wildman–Crippen MR) is 100 cm³/mol. The third kappa shape index (κ3) is 5.29. The Morgan fingerprint density at radius 3 is 2.69 bits per heavy atom. The molecule has 0 unspecified atom stereocenters. The number of pyridine rings is 1.